The number of aliphatic hydroxyl groups excluding tert-OH is 1. The third-order valence-electron chi connectivity index (χ3n) is 3.31. The molecule has 1 atom stereocenters. The molecule has 2 N–H and O–H groups in total. The van der Waals surface area contributed by atoms with Crippen LogP contribution in [0, 0.1) is 0 Å². The van der Waals surface area contributed by atoms with E-state index >= 15 is 0 Å². The van der Waals surface area contributed by atoms with E-state index in [1.54, 1.807) is 0 Å². The number of nitrogens with zero attached hydrogens (tertiary/aromatic N) is 1. The van der Waals surface area contributed by atoms with Crippen molar-refractivity contribution >= 4 is 31.9 Å². The molecule has 0 amide bonds. The quantitative estimate of drug-likeness (QED) is 0.840. The van der Waals surface area contributed by atoms with Crippen LogP contribution in [0.15, 0.2) is 27.6 Å². The number of carboxylic acids is 1. The van der Waals surface area contributed by atoms with Crippen molar-refractivity contribution in [3.63, 3.8) is 0 Å². The molecule has 1 fully saturated rings. The van der Waals surface area contributed by atoms with E-state index in [1.807, 2.05) is 0 Å². The Morgan fingerprint density at radius 1 is 1.45 bits per heavy atom. The van der Waals surface area contributed by atoms with Gasteiger partial charge < -0.3 is 10.2 Å². The highest BCUT2D eigenvalue weighted by atomic mass is 79.9. The zero-order valence-electron chi connectivity index (χ0n) is 10.5. The Bertz CT molecular complexity index is 631. The van der Waals surface area contributed by atoms with E-state index < -0.39 is 22.0 Å². The van der Waals surface area contributed by atoms with Gasteiger partial charge in [-0.05, 0) is 47.0 Å². The Labute approximate surface area is 125 Å². The van der Waals surface area contributed by atoms with E-state index in [4.69, 9.17) is 5.11 Å². The van der Waals surface area contributed by atoms with Crippen molar-refractivity contribution in [3.05, 3.63) is 28.2 Å². The van der Waals surface area contributed by atoms with Gasteiger partial charge >= 0.3 is 5.97 Å². The molecule has 6 nitrogen and oxygen atoms in total. The molecule has 1 heterocycles. The Hall–Kier alpha value is -0.960. The third-order valence-corrected chi connectivity index (χ3v) is 5.95. The predicted octanol–water partition coefficient (Wildman–Crippen LogP) is 1.29. The van der Waals surface area contributed by atoms with E-state index in [9.17, 15) is 18.3 Å². The number of sulfonamides is 1. The number of halogens is 1. The first-order chi connectivity index (χ1) is 9.37. The highest BCUT2D eigenvalue weighted by Gasteiger charge is 2.35. The molecule has 0 radical (unpaired) electrons. The summed E-state index contributed by atoms with van der Waals surface area (Å²) in [5.41, 5.74) is -0.106. The molecule has 0 spiro atoms. The molecule has 0 saturated carbocycles. The Kier molecular flexibility index (Phi) is 4.48. The van der Waals surface area contributed by atoms with Crippen LogP contribution in [0.3, 0.4) is 0 Å². The number of hydrogen-bond acceptors (Lipinski definition) is 4. The summed E-state index contributed by atoms with van der Waals surface area (Å²) in [6.45, 7) is 0.105. The van der Waals surface area contributed by atoms with Gasteiger partial charge in [-0.1, -0.05) is 0 Å². The van der Waals surface area contributed by atoms with Crippen molar-refractivity contribution in [3.8, 4) is 0 Å². The molecule has 20 heavy (non-hydrogen) atoms. The van der Waals surface area contributed by atoms with Crippen LogP contribution in [-0.2, 0) is 10.0 Å². The third kappa shape index (κ3) is 2.73. The Morgan fingerprint density at radius 2 is 2.15 bits per heavy atom. The highest BCUT2D eigenvalue weighted by molar-refractivity contribution is 9.10. The van der Waals surface area contributed by atoms with Gasteiger partial charge in [-0.3, -0.25) is 0 Å². The minimum Gasteiger partial charge on any atom is -0.478 e. The van der Waals surface area contributed by atoms with Crippen molar-refractivity contribution in [1.82, 2.24) is 4.31 Å². The molecule has 0 unspecified atom stereocenters. The number of benzene rings is 1. The fraction of sp³-hybridized carbons (Fsp3) is 0.417. The lowest BCUT2D eigenvalue weighted by molar-refractivity contribution is 0.0695. The second-order valence-electron chi connectivity index (χ2n) is 4.54. The van der Waals surface area contributed by atoms with Gasteiger partial charge in [0.15, 0.2) is 0 Å². The number of aromatic carboxylic acids is 1. The van der Waals surface area contributed by atoms with Crippen LogP contribution in [0.4, 0.5) is 0 Å². The van der Waals surface area contributed by atoms with Gasteiger partial charge in [-0.15, -0.1) is 0 Å². The van der Waals surface area contributed by atoms with Crippen LogP contribution in [0.2, 0.25) is 0 Å². The average molecular weight is 364 g/mol. The summed E-state index contributed by atoms with van der Waals surface area (Å²) in [7, 11) is -3.78. The molecule has 1 aromatic carbocycles. The van der Waals surface area contributed by atoms with Crippen LogP contribution in [0.5, 0.6) is 0 Å². The molecule has 1 aliphatic rings. The molecule has 1 saturated heterocycles. The zero-order chi connectivity index (χ0) is 14.9. The fourth-order valence-electron chi connectivity index (χ4n) is 2.27. The van der Waals surface area contributed by atoms with E-state index in [0.717, 1.165) is 6.07 Å². The number of aliphatic hydroxyl groups is 1. The van der Waals surface area contributed by atoms with Gasteiger partial charge in [0.05, 0.1) is 17.1 Å². The summed E-state index contributed by atoms with van der Waals surface area (Å²) >= 11 is 3.08. The number of hydrogen-bond donors (Lipinski definition) is 2. The molecule has 0 aromatic heterocycles. The van der Waals surface area contributed by atoms with Crippen LogP contribution >= 0.6 is 15.9 Å². The summed E-state index contributed by atoms with van der Waals surface area (Å²) in [5, 5.41) is 18.3. The molecule has 110 valence electrons. The molecule has 0 bridgehead atoms. The molecule has 1 aromatic rings. The van der Waals surface area contributed by atoms with Crippen molar-refractivity contribution in [1.29, 1.82) is 0 Å². The summed E-state index contributed by atoms with van der Waals surface area (Å²) in [5.74, 6) is -1.20. The summed E-state index contributed by atoms with van der Waals surface area (Å²) < 4.78 is 26.6. The topological polar surface area (TPSA) is 94.9 Å². The van der Waals surface area contributed by atoms with Gasteiger partial charge in [0, 0.05) is 17.1 Å². The van der Waals surface area contributed by atoms with Gasteiger partial charge in [-0.25, -0.2) is 13.2 Å². The van der Waals surface area contributed by atoms with Crippen LogP contribution < -0.4 is 0 Å². The summed E-state index contributed by atoms with van der Waals surface area (Å²) in [6, 6.07) is 3.46. The predicted molar refractivity (Wildman–Crippen MR) is 75.1 cm³/mol. The second kappa shape index (κ2) is 5.80. The molecule has 8 heteroatoms. The average Bonchev–Trinajstić information content (AvgIpc) is 2.87. The fourth-order valence-corrected chi connectivity index (χ4v) is 4.40. The van der Waals surface area contributed by atoms with Gasteiger partial charge in [0.25, 0.3) is 0 Å². The zero-order valence-corrected chi connectivity index (χ0v) is 12.9. The normalized spacial score (nSPS) is 20.2. The summed E-state index contributed by atoms with van der Waals surface area (Å²) in [6.07, 6.45) is 1.30. The standard InChI is InChI=1S/C12H14BrNO5S/c13-11-4-3-9(6-10(11)12(16)17)20(18,19)14-5-1-2-8(14)7-15/h3-4,6,8,15H,1-2,5,7H2,(H,16,17)/t8-/m1/s1. The smallest absolute Gasteiger partial charge is 0.336 e. The Balaban J connectivity index is 2.44. The van der Waals surface area contributed by atoms with Crippen LogP contribution in [0.25, 0.3) is 0 Å². The Morgan fingerprint density at radius 3 is 2.75 bits per heavy atom. The van der Waals surface area contributed by atoms with E-state index in [2.05, 4.69) is 15.9 Å². The van der Waals surface area contributed by atoms with Crippen molar-refractivity contribution < 1.29 is 23.4 Å². The van der Waals surface area contributed by atoms with E-state index in [0.29, 0.717) is 23.9 Å². The van der Waals surface area contributed by atoms with E-state index in [-0.39, 0.29) is 17.1 Å². The van der Waals surface area contributed by atoms with Gasteiger partial charge in [-0.2, -0.15) is 4.31 Å². The van der Waals surface area contributed by atoms with Crippen molar-refractivity contribution in [2.75, 3.05) is 13.2 Å². The maximum absolute atomic E-state index is 12.5. The van der Waals surface area contributed by atoms with Crippen molar-refractivity contribution in [2.45, 2.75) is 23.8 Å². The number of rotatable bonds is 4. The monoisotopic (exact) mass is 363 g/mol. The minimum absolute atomic E-state index is 0.0709. The molecule has 0 aliphatic carbocycles. The van der Waals surface area contributed by atoms with Gasteiger partial charge in [0.1, 0.15) is 0 Å². The lowest BCUT2D eigenvalue weighted by Crippen LogP contribution is -2.37. The molecular weight excluding hydrogens is 350 g/mol. The first-order valence-corrected chi connectivity index (χ1v) is 8.26. The van der Waals surface area contributed by atoms with Crippen LogP contribution in [-0.4, -0.2) is 48.1 Å². The molecular formula is C12H14BrNO5S. The first kappa shape index (κ1) is 15.4. The van der Waals surface area contributed by atoms with Crippen molar-refractivity contribution in [2.24, 2.45) is 0 Å². The second-order valence-corrected chi connectivity index (χ2v) is 7.29. The molecule has 2 rings (SSSR count). The van der Waals surface area contributed by atoms with Crippen LogP contribution in [0.1, 0.15) is 23.2 Å². The first-order valence-electron chi connectivity index (χ1n) is 6.03. The highest BCUT2D eigenvalue weighted by Crippen LogP contribution is 2.28. The molecule has 1 aliphatic heterocycles. The van der Waals surface area contributed by atoms with Gasteiger partial charge in [0.2, 0.25) is 10.0 Å². The van der Waals surface area contributed by atoms with E-state index in [1.165, 1.54) is 16.4 Å². The lowest BCUT2D eigenvalue weighted by atomic mass is 10.2. The largest absolute Gasteiger partial charge is 0.478 e. The number of carbonyl (C=O) groups is 1. The number of carboxylic acid groups (broad SMARTS) is 1. The SMILES string of the molecule is O=C(O)c1cc(S(=O)(=O)N2CCC[C@@H]2CO)ccc1Br. The lowest BCUT2D eigenvalue weighted by Gasteiger charge is -2.22. The minimum atomic E-state index is -3.78. The maximum Gasteiger partial charge on any atom is 0.336 e. The maximum atomic E-state index is 12.5. The summed E-state index contributed by atoms with van der Waals surface area (Å²) in [4.78, 5) is 11.0.